The molecule has 2 heterocycles. The van der Waals surface area contributed by atoms with Gasteiger partial charge < -0.3 is 14.5 Å². The van der Waals surface area contributed by atoms with Gasteiger partial charge in [0.2, 0.25) is 17.6 Å². The molecule has 2 aliphatic rings. The van der Waals surface area contributed by atoms with Crippen molar-refractivity contribution in [3.63, 3.8) is 0 Å². The molecule has 162 valence electrons. The maximum absolute atomic E-state index is 12.5. The number of aromatic amines is 1. The van der Waals surface area contributed by atoms with Gasteiger partial charge in [0, 0.05) is 5.69 Å². The van der Waals surface area contributed by atoms with E-state index in [-0.39, 0.29) is 41.5 Å². The van der Waals surface area contributed by atoms with E-state index in [1.807, 2.05) is 0 Å². The number of H-pyrrole nitrogens is 1. The van der Waals surface area contributed by atoms with Crippen molar-refractivity contribution < 1.29 is 33.4 Å². The van der Waals surface area contributed by atoms with E-state index in [1.54, 1.807) is 20.8 Å². The Hall–Kier alpha value is -2.97. The van der Waals surface area contributed by atoms with Crippen molar-refractivity contribution in [1.29, 1.82) is 0 Å². The predicted molar refractivity (Wildman–Crippen MR) is 104 cm³/mol. The minimum absolute atomic E-state index is 0.155. The Morgan fingerprint density at radius 2 is 1.63 bits per heavy atom. The number of rotatable bonds is 7. The zero-order valence-corrected chi connectivity index (χ0v) is 17.4. The van der Waals surface area contributed by atoms with Gasteiger partial charge in [-0.3, -0.25) is 24.1 Å². The Balaban J connectivity index is 1.59. The van der Waals surface area contributed by atoms with Crippen LogP contribution in [-0.2, 0) is 23.9 Å². The van der Waals surface area contributed by atoms with E-state index < -0.39 is 30.9 Å². The van der Waals surface area contributed by atoms with Gasteiger partial charge >= 0.3 is 11.9 Å². The number of amides is 2. The van der Waals surface area contributed by atoms with Crippen LogP contribution in [0.1, 0.15) is 64.7 Å². The lowest BCUT2D eigenvalue weighted by molar-refractivity contribution is -0.152. The number of ether oxygens (including phenoxy) is 2. The number of hydrogen-bond acceptors (Lipinski definition) is 7. The maximum Gasteiger partial charge on any atom is 0.340 e. The average Bonchev–Trinajstić information content (AvgIpc) is 3.15. The molecule has 1 aliphatic carbocycles. The maximum atomic E-state index is 12.5. The second-order valence-electron chi connectivity index (χ2n) is 7.69. The average molecular weight is 418 g/mol. The molecule has 1 N–H and O–H groups in total. The second kappa shape index (κ2) is 8.81. The Morgan fingerprint density at radius 1 is 1.03 bits per heavy atom. The highest BCUT2D eigenvalue weighted by Gasteiger charge is 2.48. The van der Waals surface area contributed by atoms with Gasteiger partial charge in [0.05, 0.1) is 29.7 Å². The van der Waals surface area contributed by atoms with Crippen molar-refractivity contribution in [2.45, 2.75) is 46.5 Å². The van der Waals surface area contributed by atoms with E-state index in [4.69, 9.17) is 9.47 Å². The summed E-state index contributed by atoms with van der Waals surface area (Å²) in [6.07, 6.45) is 3.12. The number of Topliss-reactive ketones (excluding diaryl/α,β-unsaturated/α-hetero) is 1. The second-order valence-corrected chi connectivity index (χ2v) is 7.69. The van der Waals surface area contributed by atoms with Gasteiger partial charge in [-0.1, -0.05) is 12.8 Å². The molecule has 0 radical (unpaired) electrons. The first kappa shape index (κ1) is 21.7. The van der Waals surface area contributed by atoms with E-state index in [2.05, 4.69) is 4.98 Å². The Labute approximate surface area is 174 Å². The first-order valence-corrected chi connectivity index (χ1v) is 10.2. The number of aryl methyl sites for hydroxylation is 1. The van der Waals surface area contributed by atoms with Crippen LogP contribution < -0.4 is 0 Å². The summed E-state index contributed by atoms with van der Waals surface area (Å²) in [5, 5.41) is 0. The number of esters is 2. The number of hydrogen-bond donors (Lipinski definition) is 1. The zero-order valence-electron chi connectivity index (χ0n) is 17.4. The van der Waals surface area contributed by atoms with E-state index in [0.29, 0.717) is 24.1 Å². The smallest absolute Gasteiger partial charge is 0.340 e. The Morgan fingerprint density at radius 3 is 2.20 bits per heavy atom. The van der Waals surface area contributed by atoms with Gasteiger partial charge in [-0.2, -0.15) is 0 Å². The van der Waals surface area contributed by atoms with E-state index in [0.717, 1.165) is 17.7 Å². The highest BCUT2D eigenvalue weighted by atomic mass is 16.5. The molecule has 2 atom stereocenters. The van der Waals surface area contributed by atoms with Crippen molar-refractivity contribution >= 4 is 29.5 Å². The summed E-state index contributed by atoms with van der Waals surface area (Å²) in [6.45, 7) is 4.09. The summed E-state index contributed by atoms with van der Waals surface area (Å²) in [4.78, 5) is 65.3. The fourth-order valence-electron chi connectivity index (χ4n) is 4.32. The lowest BCUT2D eigenvalue weighted by atomic mass is 9.81. The number of aromatic nitrogens is 1. The summed E-state index contributed by atoms with van der Waals surface area (Å²) >= 11 is 0. The highest BCUT2D eigenvalue weighted by Crippen LogP contribution is 2.37. The van der Waals surface area contributed by atoms with Gasteiger partial charge in [-0.05, 0) is 39.2 Å². The topological polar surface area (TPSA) is 123 Å². The van der Waals surface area contributed by atoms with E-state index in [1.165, 1.54) is 0 Å². The third-order valence-electron chi connectivity index (χ3n) is 5.78. The molecule has 9 nitrogen and oxygen atoms in total. The van der Waals surface area contributed by atoms with Crippen LogP contribution in [0, 0.1) is 25.7 Å². The number of nitrogens with zero attached hydrogens (tertiary/aromatic N) is 1. The fourth-order valence-corrected chi connectivity index (χ4v) is 4.32. The number of nitrogens with one attached hydrogen (secondary N) is 1. The summed E-state index contributed by atoms with van der Waals surface area (Å²) in [7, 11) is 0. The van der Waals surface area contributed by atoms with Crippen LogP contribution in [0.3, 0.4) is 0 Å². The first-order valence-electron chi connectivity index (χ1n) is 10.2. The summed E-state index contributed by atoms with van der Waals surface area (Å²) < 4.78 is 10.0. The number of carbonyl (C=O) groups excluding carboxylic acids is 5. The zero-order chi connectivity index (χ0) is 22.0. The normalized spacial score (nSPS) is 20.8. The van der Waals surface area contributed by atoms with Crippen molar-refractivity contribution in [3.8, 4) is 0 Å². The van der Waals surface area contributed by atoms with E-state index >= 15 is 0 Å². The molecular formula is C21H26N2O7. The Kier molecular flexibility index (Phi) is 6.38. The van der Waals surface area contributed by atoms with Gasteiger partial charge in [-0.25, -0.2) is 4.79 Å². The summed E-state index contributed by atoms with van der Waals surface area (Å²) in [6, 6.07) is 0. The summed E-state index contributed by atoms with van der Waals surface area (Å²) in [5.41, 5.74) is 1.34. The standard InChI is InChI=1S/C21H26N2O7/c1-4-29-21(28)17-11(2)18(22-12(17)3)15(24)10-30-16(25)9-23-19(26)13-7-5-6-8-14(13)20(23)27/h13-14,22H,4-10H2,1-3H3/t13-,14-/m0/s1. The first-order chi connectivity index (χ1) is 14.3. The molecule has 0 unspecified atom stereocenters. The van der Waals surface area contributed by atoms with Crippen LogP contribution in [0.15, 0.2) is 0 Å². The quantitative estimate of drug-likeness (QED) is 0.406. The molecular weight excluding hydrogens is 392 g/mol. The summed E-state index contributed by atoms with van der Waals surface area (Å²) in [5.74, 6) is -3.22. The third-order valence-corrected chi connectivity index (χ3v) is 5.78. The van der Waals surface area contributed by atoms with Crippen LogP contribution in [0.25, 0.3) is 0 Å². The van der Waals surface area contributed by atoms with Crippen LogP contribution in [-0.4, -0.2) is 59.2 Å². The number of fused-ring (bicyclic) bond motifs is 1. The lowest BCUT2D eigenvalue weighted by Gasteiger charge is -2.19. The van der Waals surface area contributed by atoms with Gasteiger partial charge in [-0.15, -0.1) is 0 Å². The molecule has 1 aromatic heterocycles. The largest absolute Gasteiger partial charge is 0.462 e. The van der Waals surface area contributed by atoms with Gasteiger partial charge in [0.1, 0.15) is 6.54 Å². The number of ketones is 1. The van der Waals surface area contributed by atoms with Gasteiger partial charge in [0.15, 0.2) is 6.61 Å². The SMILES string of the molecule is CCOC(=O)c1c(C)[nH]c(C(=O)COC(=O)CN2C(=O)[C@H]3CCCC[C@@H]3C2=O)c1C. The predicted octanol–water partition coefficient (Wildman–Crippen LogP) is 1.71. The fraction of sp³-hybridized carbons (Fsp3) is 0.571. The third kappa shape index (κ3) is 4.01. The van der Waals surface area contributed by atoms with Crippen molar-refractivity contribution in [2.24, 2.45) is 11.8 Å². The highest BCUT2D eigenvalue weighted by molar-refractivity contribution is 6.07. The molecule has 1 saturated carbocycles. The lowest BCUT2D eigenvalue weighted by Crippen LogP contribution is -2.37. The van der Waals surface area contributed by atoms with Crippen molar-refractivity contribution in [3.05, 3.63) is 22.5 Å². The minimum Gasteiger partial charge on any atom is -0.462 e. The molecule has 2 amide bonds. The monoisotopic (exact) mass is 418 g/mol. The van der Waals surface area contributed by atoms with Crippen LogP contribution in [0.4, 0.5) is 0 Å². The van der Waals surface area contributed by atoms with Crippen molar-refractivity contribution in [2.75, 3.05) is 19.8 Å². The molecule has 0 spiro atoms. The van der Waals surface area contributed by atoms with Crippen LogP contribution in [0.2, 0.25) is 0 Å². The molecule has 30 heavy (non-hydrogen) atoms. The number of carbonyl (C=O) groups is 5. The number of imide groups is 1. The number of likely N-dealkylation sites (tertiary alicyclic amines) is 1. The van der Waals surface area contributed by atoms with Gasteiger partial charge in [0.25, 0.3) is 0 Å². The molecule has 0 bridgehead atoms. The molecule has 2 fully saturated rings. The van der Waals surface area contributed by atoms with Crippen molar-refractivity contribution in [1.82, 2.24) is 9.88 Å². The molecule has 0 aromatic carbocycles. The Bertz CT molecular complexity index is 877. The molecule has 3 rings (SSSR count). The molecule has 1 saturated heterocycles. The molecule has 9 heteroatoms. The van der Waals surface area contributed by atoms with Crippen LogP contribution >= 0.6 is 0 Å². The van der Waals surface area contributed by atoms with Crippen LogP contribution in [0.5, 0.6) is 0 Å². The molecule has 1 aromatic rings. The van der Waals surface area contributed by atoms with E-state index in [9.17, 15) is 24.0 Å². The minimum atomic E-state index is -0.824. The molecule has 1 aliphatic heterocycles.